The van der Waals surface area contributed by atoms with E-state index < -0.39 is 0 Å². The fraction of sp³-hybridized carbons (Fsp3) is 0.308. The van der Waals surface area contributed by atoms with Crippen molar-refractivity contribution in [1.82, 2.24) is 39.5 Å². The van der Waals surface area contributed by atoms with Gasteiger partial charge in [-0.2, -0.15) is 5.10 Å². The number of fused-ring (bicyclic) bond motifs is 4. The van der Waals surface area contributed by atoms with Gasteiger partial charge in [-0.15, -0.1) is 5.10 Å². The first-order chi connectivity index (χ1) is 24.9. The molecule has 1 aliphatic heterocycles. The molecule has 0 bridgehead atoms. The summed E-state index contributed by atoms with van der Waals surface area (Å²) < 4.78 is 12.4. The van der Waals surface area contributed by atoms with Gasteiger partial charge in [0.05, 0.1) is 34.0 Å². The van der Waals surface area contributed by atoms with Gasteiger partial charge in [-0.25, -0.2) is 5.10 Å². The molecule has 1 aliphatic rings. The molecule has 1 amide bonds. The predicted octanol–water partition coefficient (Wildman–Crippen LogP) is 8.49. The number of hydrogen-bond donors (Lipinski definition) is 1. The van der Waals surface area contributed by atoms with E-state index in [9.17, 15) is 0 Å². The average Bonchev–Trinajstić information content (AvgIpc) is 3.89. The van der Waals surface area contributed by atoms with Crippen molar-refractivity contribution in [1.29, 1.82) is 0 Å². The third-order valence-corrected chi connectivity index (χ3v) is 11.4. The molecule has 0 saturated carbocycles. The number of ether oxygens (including phenoxy) is 1. The van der Waals surface area contributed by atoms with E-state index in [1.165, 1.54) is 0 Å². The van der Waals surface area contributed by atoms with Gasteiger partial charge >= 0.3 is 0 Å². The lowest BCUT2D eigenvalue weighted by molar-refractivity contribution is 0.0957. The summed E-state index contributed by atoms with van der Waals surface area (Å²) in [5.41, 5.74) is 11.1. The van der Waals surface area contributed by atoms with Gasteiger partial charge in [-0.05, 0) is 105 Å². The first-order valence-corrected chi connectivity index (χ1v) is 18.1. The second-order valence-corrected chi connectivity index (χ2v) is 14.7. The van der Waals surface area contributed by atoms with Crippen molar-refractivity contribution in [2.45, 2.75) is 53.5 Å². The Bertz CT molecular complexity index is 2520. The number of halogens is 2. The lowest BCUT2D eigenvalue weighted by Crippen LogP contribution is -2.42. The first-order valence-electron chi connectivity index (χ1n) is 17.3. The van der Waals surface area contributed by atoms with Crippen LogP contribution in [-0.2, 0) is 20.5 Å². The number of carbonyl (C=O) groups excluding carboxylic acids is 1. The maximum absolute atomic E-state index is 15.1. The van der Waals surface area contributed by atoms with Crippen LogP contribution >= 0.6 is 23.2 Å². The molecule has 0 radical (unpaired) electrons. The number of rotatable bonds is 8. The second kappa shape index (κ2) is 12.8. The molecule has 1 N–H and O–H groups in total. The SMILES string of the molecule is Cc1cc(OCCCc2c3n(c4c(-c5c(C)nn(C)c5C)c(Cl)ccc24)[C@H](C)CN(c2cn(C)c4cc(-c5nnn[nH]5)ccc24)C3=O)cc(C)c1Cl. The molecule has 52 heavy (non-hydrogen) atoms. The molecule has 0 unspecified atom stereocenters. The Morgan fingerprint density at radius 3 is 2.42 bits per heavy atom. The summed E-state index contributed by atoms with van der Waals surface area (Å²) in [6, 6.07) is 13.9. The molecule has 4 aromatic heterocycles. The maximum atomic E-state index is 15.1. The van der Waals surface area contributed by atoms with Crippen LogP contribution in [-0.4, -0.2) is 58.6 Å². The molecule has 5 heterocycles. The van der Waals surface area contributed by atoms with Gasteiger partial charge in [0.15, 0.2) is 5.82 Å². The van der Waals surface area contributed by atoms with Gasteiger partial charge < -0.3 is 18.8 Å². The smallest absolute Gasteiger partial charge is 0.275 e. The summed E-state index contributed by atoms with van der Waals surface area (Å²) in [5, 5.41) is 22.5. The molecule has 0 spiro atoms. The second-order valence-electron chi connectivity index (χ2n) is 13.9. The van der Waals surface area contributed by atoms with Crippen molar-refractivity contribution >= 4 is 56.6 Å². The van der Waals surface area contributed by atoms with Crippen molar-refractivity contribution < 1.29 is 9.53 Å². The number of nitrogens with one attached hydrogen (secondary N) is 1. The number of benzene rings is 3. The van der Waals surface area contributed by atoms with Gasteiger partial charge in [0.25, 0.3) is 5.91 Å². The molecule has 266 valence electrons. The number of anilines is 1. The zero-order valence-corrected chi connectivity index (χ0v) is 31.7. The predicted molar refractivity (Wildman–Crippen MR) is 206 cm³/mol. The quantitative estimate of drug-likeness (QED) is 0.157. The standard InChI is InChI=1S/C39H39Cl2N9O2/c1-20-15-26(16-21(2)35(20)41)52-14-8-9-27-28-12-13-30(40)34(33-23(4)44-48(7)24(33)5)36(28)50-22(3)18-49(39(51)37(27)50)32-19-47(6)31-17-25(10-11-29(31)32)38-42-45-46-43-38/h10-13,15-17,19,22H,8-9,14,18H2,1-7H3,(H,42,43,45,46)/t22-/m1/s1. The molecular weight excluding hydrogens is 697 g/mol. The Morgan fingerprint density at radius 1 is 0.981 bits per heavy atom. The van der Waals surface area contributed by atoms with Crippen molar-refractivity contribution in [3.05, 3.63) is 92.5 Å². The van der Waals surface area contributed by atoms with Crippen molar-refractivity contribution in [2.75, 3.05) is 18.1 Å². The van der Waals surface area contributed by atoms with Gasteiger partial charge in [-0.3, -0.25) is 9.48 Å². The van der Waals surface area contributed by atoms with Crippen LogP contribution in [0, 0.1) is 27.7 Å². The topological polar surface area (TPSA) is 112 Å². The zero-order valence-electron chi connectivity index (χ0n) is 30.2. The minimum atomic E-state index is -0.0653. The van der Waals surface area contributed by atoms with Crippen LogP contribution in [0.5, 0.6) is 5.75 Å². The molecule has 8 rings (SSSR count). The lowest BCUT2D eigenvalue weighted by atomic mass is 9.98. The van der Waals surface area contributed by atoms with E-state index in [0.29, 0.717) is 42.5 Å². The Balaban J connectivity index is 1.25. The Hall–Kier alpha value is -5.13. The summed E-state index contributed by atoms with van der Waals surface area (Å²) in [5.74, 6) is 1.32. The fourth-order valence-corrected chi connectivity index (χ4v) is 8.30. The highest BCUT2D eigenvalue weighted by Crippen LogP contribution is 2.46. The molecule has 11 nitrogen and oxygen atoms in total. The molecule has 0 saturated heterocycles. The number of aromatic nitrogens is 8. The molecule has 1 atom stereocenters. The van der Waals surface area contributed by atoms with E-state index in [2.05, 4.69) is 45.1 Å². The fourth-order valence-electron chi connectivity index (χ4n) is 7.94. The number of amides is 1. The molecular formula is C39H39Cl2N9O2. The number of aryl methyl sites for hydroxylation is 6. The normalized spacial score (nSPS) is 14.6. The summed E-state index contributed by atoms with van der Waals surface area (Å²) in [6.07, 6.45) is 3.36. The van der Waals surface area contributed by atoms with Crippen molar-refractivity contribution in [3.63, 3.8) is 0 Å². The van der Waals surface area contributed by atoms with E-state index in [-0.39, 0.29) is 11.9 Å². The first kappa shape index (κ1) is 34.0. The summed E-state index contributed by atoms with van der Waals surface area (Å²) in [6.45, 7) is 11.2. The third kappa shape index (κ3) is 5.37. The minimum Gasteiger partial charge on any atom is -0.494 e. The number of aromatic amines is 1. The number of H-pyrrole nitrogens is 1. The highest BCUT2D eigenvalue weighted by Gasteiger charge is 2.37. The van der Waals surface area contributed by atoms with Gasteiger partial charge in [0.1, 0.15) is 11.4 Å². The Kier molecular flexibility index (Phi) is 8.38. The Labute approximate surface area is 311 Å². The van der Waals surface area contributed by atoms with Crippen LogP contribution in [0.4, 0.5) is 5.69 Å². The molecule has 7 aromatic rings. The van der Waals surface area contributed by atoms with Crippen LogP contribution in [0.2, 0.25) is 10.0 Å². The van der Waals surface area contributed by atoms with E-state index in [1.807, 2.05) is 91.6 Å². The van der Waals surface area contributed by atoms with E-state index >= 15 is 4.79 Å². The van der Waals surface area contributed by atoms with Crippen molar-refractivity contribution in [2.24, 2.45) is 14.1 Å². The number of hydrogen-bond acceptors (Lipinski definition) is 6. The minimum absolute atomic E-state index is 0.0492. The maximum Gasteiger partial charge on any atom is 0.275 e. The average molecular weight is 737 g/mol. The molecule has 3 aromatic carbocycles. The highest BCUT2D eigenvalue weighted by molar-refractivity contribution is 6.35. The summed E-state index contributed by atoms with van der Waals surface area (Å²) in [7, 11) is 3.94. The van der Waals surface area contributed by atoms with Gasteiger partial charge in [0.2, 0.25) is 0 Å². The van der Waals surface area contributed by atoms with Gasteiger partial charge in [0, 0.05) is 71.1 Å². The van der Waals surface area contributed by atoms with Crippen LogP contribution in [0.25, 0.3) is 44.3 Å². The number of tetrazole rings is 1. The summed E-state index contributed by atoms with van der Waals surface area (Å²) in [4.78, 5) is 17.0. The van der Waals surface area contributed by atoms with Gasteiger partial charge in [-0.1, -0.05) is 35.3 Å². The van der Waals surface area contributed by atoms with Crippen LogP contribution in [0.15, 0.2) is 48.7 Å². The number of carbonyl (C=O) groups is 1. The monoisotopic (exact) mass is 735 g/mol. The van der Waals surface area contributed by atoms with E-state index in [4.69, 9.17) is 33.0 Å². The third-order valence-electron chi connectivity index (χ3n) is 10.4. The number of nitrogens with zero attached hydrogens (tertiary/aromatic N) is 8. The molecule has 13 heteroatoms. The molecule has 0 aliphatic carbocycles. The lowest BCUT2D eigenvalue weighted by Gasteiger charge is -2.34. The van der Waals surface area contributed by atoms with Crippen LogP contribution in [0.1, 0.15) is 58.0 Å². The highest BCUT2D eigenvalue weighted by atomic mass is 35.5. The van der Waals surface area contributed by atoms with Crippen molar-refractivity contribution in [3.8, 4) is 28.3 Å². The van der Waals surface area contributed by atoms with E-state index in [1.54, 1.807) is 0 Å². The Morgan fingerprint density at radius 2 is 1.73 bits per heavy atom. The van der Waals surface area contributed by atoms with Crippen LogP contribution < -0.4 is 9.64 Å². The summed E-state index contributed by atoms with van der Waals surface area (Å²) >= 11 is 13.5. The zero-order chi connectivity index (χ0) is 36.6. The van der Waals surface area contributed by atoms with E-state index in [0.717, 1.165) is 83.0 Å². The molecule has 0 fully saturated rings. The largest absolute Gasteiger partial charge is 0.494 e. The van der Waals surface area contributed by atoms with Crippen LogP contribution in [0.3, 0.4) is 0 Å².